The lowest BCUT2D eigenvalue weighted by molar-refractivity contribution is 0.357. The van der Waals surface area contributed by atoms with Crippen LogP contribution in [0, 0.1) is 5.92 Å². The van der Waals surface area contributed by atoms with Crippen LogP contribution in [0.3, 0.4) is 0 Å². The molecule has 0 N–H and O–H groups in total. The van der Waals surface area contributed by atoms with E-state index in [0.29, 0.717) is 10.9 Å². The van der Waals surface area contributed by atoms with Gasteiger partial charge in [0.25, 0.3) is 0 Å². The van der Waals surface area contributed by atoms with Gasteiger partial charge in [0, 0.05) is 17.3 Å². The van der Waals surface area contributed by atoms with Gasteiger partial charge in [-0.1, -0.05) is 28.8 Å². The van der Waals surface area contributed by atoms with Crippen molar-refractivity contribution in [1.29, 1.82) is 0 Å². The maximum absolute atomic E-state index is 4.40. The first-order valence-electron chi connectivity index (χ1n) is 6.21. The molecule has 90 valence electrons. The second-order valence-electron chi connectivity index (χ2n) is 4.98. The number of nitrogens with zero attached hydrogens (tertiary/aromatic N) is 3. The van der Waals surface area contributed by atoms with Crippen LogP contribution in [-0.4, -0.2) is 19.6 Å². The molecule has 0 aromatic carbocycles. The first kappa shape index (κ1) is 12.1. The van der Waals surface area contributed by atoms with E-state index in [9.17, 15) is 0 Å². The van der Waals surface area contributed by atoms with Gasteiger partial charge in [0.15, 0.2) is 0 Å². The standard InChI is InChI=1S/C12H20BrN3/c1-9(2)16-12(14-8-15-16)7-10-5-3-4-6-11(10)13/h8-11H,3-7H2,1-2H3. The zero-order valence-corrected chi connectivity index (χ0v) is 11.7. The normalized spacial score (nSPS) is 26.2. The minimum atomic E-state index is 0.412. The van der Waals surface area contributed by atoms with Gasteiger partial charge >= 0.3 is 0 Å². The summed E-state index contributed by atoms with van der Waals surface area (Å²) in [7, 11) is 0. The Morgan fingerprint density at radius 3 is 2.88 bits per heavy atom. The maximum Gasteiger partial charge on any atom is 0.138 e. The number of alkyl halides is 1. The Balaban J connectivity index is 2.04. The van der Waals surface area contributed by atoms with E-state index in [0.717, 1.165) is 18.2 Å². The van der Waals surface area contributed by atoms with E-state index >= 15 is 0 Å². The summed E-state index contributed by atoms with van der Waals surface area (Å²) < 4.78 is 2.05. The predicted octanol–water partition coefficient (Wildman–Crippen LogP) is 3.36. The summed E-state index contributed by atoms with van der Waals surface area (Å²) in [6.07, 6.45) is 8.10. The molecule has 0 amide bonds. The van der Waals surface area contributed by atoms with E-state index < -0.39 is 0 Å². The molecule has 3 nitrogen and oxygen atoms in total. The second kappa shape index (κ2) is 5.30. The first-order chi connectivity index (χ1) is 7.68. The number of rotatable bonds is 3. The molecule has 1 saturated carbocycles. The molecular weight excluding hydrogens is 266 g/mol. The third-order valence-corrected chi connectivity index (χ3v) is 4.60. The third-order valence-electron chi connectivity index (χ3n) is 3.40. The van der Waals surface area contributed by atoms with Crippen LogP contribution in [0.4, 0.5) is 0 Å². The number of hydrogen-bond acceptors (Lipinski definition) is 2. The molecule has 0 spiro atoms. The molecule has 1 aliphatic carbocycles. The van der Waals surface area contributed by atoms with Gasteiger partial charge in [-0.3, -0.25) is 0 Å². The molecular formula is C12H20BrN3. The summed E-state index contributed by atoms with van der Waals surface area (Å²) in [6.45, 7) is 4.31. The zero-order chi connectivity index (χ0) is 11.5. The van der Waals surface area contributed by atoms with Crippen LogP contribution in [0.25, 0.3) is 0 Å². The summed E-state index contributed by atoms with van der Waals surface area (Å²) >= 11 is 3.80. The average Bonchev–Trinajstić information content (AvgIpc) is 2.69. The van der Waals surface area contributed by atoms with Crippen LogP contribution >= 0.6 is 15.9 Å². The fourth-order valence-corrected chi connectivity index (χ4v) is 3.25. The van der Waals surface area contributed by atoms with E-state index in [1.807, 2.05) is 4.68 Å². The van der Waals surface area contributed by atoms with Gasteiger partial charge in [-0.15, -0.1) is 0 Å². The van der Waals surface area contributed by atoms with Crippen LogP contribution in [0.5, 0.6) is 0 Å². The van der Waals surface area contributed by atoms with Gasteiger partial charge in [-0.2, -0.15) is 5.10 Å². The Morgan fingerprint density at radius 1 is 1.44 bits per heavy atom. The highest BCUT2D eigenvalue weighted by Gasteiger charge is 2.24. The highest BCUT2D eigenvalue weighted by Crippen LogP contribution is 2.32. The van der Waals surface area contributed by atoms with Crippen LogP contribution in [0.2, 0.25) is 0 Å². The van der Waals surface area contributed by atoms with Crippen molar-refractivity contribution in [1.82, 2.24) is 14.8 Å². The lowest BCUT2D eigenvalue weighted by Gasteiger charge is -2.27. The van der Waals surface area contributed by atoms with Gasteiger partial charge < -0.3 is 0 Å². The molecule has 0 bridgehead atoms. The zero-order valence-electron chi connectivity index (χ0n) is 10.1. The highest BCUT2D eigenvalue weighted by molar-refractivity contribution is 9.09. The van der Waals surface area contributed by atoms with Crippen molar-refractivity contribution < 1.29 is 0 Å². The van der Waals surface area contributed by atoms with Gasteiger partial charge in [-0.25, -0.2) is 9.67 Å². The molecule has 0 radical (unpaired) electrons. The van der Waals surface area contributed by atoms with Crippen LogP contribution in [0.1, 0.15) is 51.4 Å². The summed E-state index contributed by atoms with van der Waals surface area (Å²) in [5, 5.41) is 4.30. The molecule has 2 atom stereocenters. The number of halogens is 1. The number of hydrogen-bond donors (Lipinski definition) is 0. The van der Waals surface area contributed by atoms with Crippen molar-refractivity contribution in [2.75, 3.05) is 0 Å². The topological polar surface area (TPSA) is 30.7 Å². The Hall–Kier alpha value is -0.380. The van der Waals surface area contributed by atoms with Crippen molar-refractivity contribution in [3.63, 3.8) is 0 Å². The summed E-state index contributed by atoms with van der Waals surface area (Å²) in [6, 6.07) is 0.412. The quantitative estimate of drug-likeness (QED) is 0.798. The molecule has 2 rings (SSSR count). The smallest absolute Gasteiger partial charge is 0.138 e. The van der Waals surface area contributed by atoms with E-state index in [-0.39, 0.29) is 0 Å². The molecule has 1 aromatic rings. The summed E-state index contributed by atoms with van der Waals surface area (Å²) in [5.41, 5.74) is 0. The minimum absolute atomic E-state index is 0.412. The van der Waals surface area contributed by atoms with E-state index in [1.165, 1.54) is 25.7 Å². The Kier molecular flexibility index (Phi) is 4.00. The van der Waals surface area contributed by atoms with Crippen molar-refractivity contribution in [3.8, 4) is 0 Å². The Morgan fingerprint density at radius 2 is 2.19 bits per heavy atom. The molecule has 1 fully saturated rings. The molecule has 1 heterocycles. The molecule has 16 heavy (non-hydrogen) atoms. The Bertz CT molecular complexity index is 335. The fraction of sp³-hybridized carbons (Fsp3) is 0.833. The molecule has 1 aliphatic rings. The predicted molar refractivity (Wildman–Crippen MR) is 68.8 cm³/mol. The maximum atomic E-state index is 4.40. The van der Waals surface area contributed by atoms with Crippen LogP contribution in [-0.2, 0) is 6.42 Å². The fourth-order valence-electron chi connectivity index (χ4n) is 2.48. The summed E-state index contributed by atoms with van der Waals surface area (Å²) in [5.74, 6) is 1.88. The van der Waals surface area contributed by atoms with Crippen molar-refractivity contribution in [2.45, 2.75) is 56.8 Å². The average molecular weight is 286 g/mol. The van der Waals surface area contributed by atoms with Gasteiger partial charge in [0.05, 0.1) is 0 Å². The highest BCUT2D eigenvalue weighted by atomic mass is 79.9. The van der Waals surface area contributed by atoms with E-state index in [4.69, 9.17) is 0 Å². The van der Waals surface area contributed by atoms with Crippen LogP contribution in [0.15, 0.2) is 6.33 Å². The minimum Gasteiger partial charge on any atom is -0.248 e. The molecule has 1 aromatic heterocycles. The van der Waals surface area contributed by atoms with Crippen LogP contribution < -0.4 is 0 Å². The van der Waals surface area contributed by atoms with Crippen molar-refractivity contribution >= 4 is 15.9 Å². The molecule has 2 unspecified atom stereocenters. The van der Waals surface area contributed by atoms with Gasteiger partial charge in [0.1, 0.15) is 12.2 Å². The van der Waals surface area contributed by atoms with E-state index in [2.05, 4.69) is 39.9 Å². The molecule has 0 aliphatic heterocycles. The largest absolute Gasteiger partial charge is 0.248 e. The van der Waals surface area contributed by atoms with Gasteiger partial charge in [-0.05, 0) is 32.6 Å². The summed E-state index contributed by atoms with van der Waals surface area (Å²) in [4.78, 5) is 5.06. The van der Waals surface area contributed by atoms with E-state index in [1.54, 1.807) is 6.33 Å². The van der Waals surface area contributed by atoms with Crippen molar-refractivity contribution in [3.05, 3.63) is 12.2 Å². The monoisotopic (exact) mass is 285 g/mol. The first-order valence-corrected chi connectivity index (χ1v) is 7.12. The number of aromatic nitrogens is 3. The Labute approximate surface area is 106 Å². The lowest BCUT2D eigenvalue weighted by atomic mass is 9.86. The van der Waals surface area contributed by atoms with Gasteiger partial charge in [0.2, 0.25) is 0 Å². The lowest BCUT2D eigenvalue weighted by Crippen LogP contribution is -2.23. The molecule has 0 saturated heterocycles. The SMILES string of the molecule is CC(C)n1ncnc1CC1CCCCC1Br. The van der Waals surface area contributed by atoms with Crippen molar-refractivity contribution in [2.24, 2.45) is 5.92 Å². The second-order valence-corrected chi connectivity index (χ2v) is 6.16. The molecule has 4 heteroatoms. The third kappa shape index (κ3) is 2.65.